The summed E-state index contributed by atoms with van der Waals surface area (Å²) in [7, 11) is 0. The Morgan fingerprint density at radius 1 is 0.956 bits per heavy atom. The maximum absolute atomic E-state index is 13.9. The van der Waals surface area contributed by atoms with Crippen LogP contribution >= 0.6 is 0 Å². The number of nitrogens with one attached hydrogen (secondary N) is 2. The smallest absolute Gasteiger partial charge is 0.258 e. The van der Waals surface area contributed by atoms with E-state index in [-0.39, 0.29) is 62.0 Å². The van der Waals surface area contributed by atoms with E-state index < -0.39 is 23.8 Å². The van der Waals surface area contributed by atoms with Crippen LogP contribution in [-0.4, -0.2) is 97.8 Å². The number of carbonyl (C=O) groups is 3. The Labute approximate surface area is 261 Å². The lowest BCUT2D eigenvalue weighted by molar-refractivity contribution is -0.134. The van der Waals surface area contributed by atoms with Crippen molar-refractivity contribution < 1.29 is 37.4 Å². The van der Waals surface area contributed by atoms with E-state index in [0.717, 1.165) is 18.6 Å². The first-order valence-electron chi connectivity index (χ1n) is 15.9. The molecule has 0 radical (unpaired) electrons. The third-order valence-corrected chi connectivity index (χ3v) is 9.25. The van der Waals surface area contributed by atoms with Gasteiger partial charge in [-0.15, -0.1) is 0 Å². The fourth-order valence-electron chi connectivity index (χ4n) is 6.68. The fraction of sp³-hybridized carbons (Fsp3) is 0.545. The average molecular weight is 627 g/mol. The number of para-hydroxylation sites is 1. The Hall–Kier alpha value is -3.61. The Morgan fingerprint density at radius 2 is 1.78 bits per heavy atom. The molecular weight excluding hydrogens is 586 g/mol. The molecule has 10 nitrogen and oxygen atoms in total. The van der Waals surface area contributed by atoms with Crippen LogP contribution in [0.15, 0.2) is 42.5 Å². The Morgan fingerprint density at radius 3 is 2.60 bits per heavy atom. The normalized spacial score (nSPS) is 26.9. The number of rotatable bonds is 4. The molecule has 0 saturated carbocycles. The Balaban J connectivity index is 1.22. The fourth-order valence-corrected chi connectivity index (χ4v) is 6.68. The average Bonchev–Trinajstić information content (AvgIpc) is 3.06. The van der Waals surface area contributed by atoms with Crippen LogP contribution in [0.3, 0.4) is 0 Å². The number of hydrogen-bond donors (Lipinski definition) is 2. The third kappa shape index (κ3) is 7.45. The molecule has 0 spiro atoms. The van der Waals surface area contributed by atoms with Crippen molar-refractivity contribution in [3.8, 4) is 5.75 Å². The first kappa shape index (κ1) is 31.4. The second-order valence-corrected chi connectivity index (χ2v) is 12.3. The molecule has 4 atom stereocenters. The van der Waals surface area contributed by atoms with E-state index in [1.807, 2.05) is 4.90 Å². The van der Waals surface area contributed by atoms with Crippen LogP contribution in [-0.2, 0) is 25.6 Å². The van der Waals surface area contributed by atoms with Gasteiger partial charge in [0.15, 0.2) is 11.6 Å². The molecular formula is C33H40F2N4O6. The van der Waals surface area contributed by atoms with Crippen LogP contribution < -0.4 is 15.4 Å². The van der Waals surface area contributed by atoms with Crippen molar-refractivity contribution in [1.82, 2.24) is 20.4 Å². The van der Waals surface area contributed by atoms with Crippen molar-refractivity contribution in [3.05, 3.63) is 65.2 Å². The van der Waals surface area contributed by atoms with Gasteiger partial charge < -0.3 is 29.7 Å². The van der Waals surface area contributed by atoms with Crippen LogP contribution in [0.2, 0.25) is 0 Å². The Bertz CT molecular complexity index is 1390. The summed E-state index contributed by atoms with van der Waals surface area (Å²) in [5.74, 6) is -2.21. The van der Waals surface area contributed by atoms with Crippen LogP contribution in [0.1, 0.15) is 48.0 Å². The largest absolute Gasteiger partial charge is 0.493 e. The minimum absolute atomic E-state index is 0.0204. The molecule has 3 fully saturated rings. The number of piperazine rings is 1. The van der Waals surface area contributed by atoms with E-state index >= 15 is 0 Å². The molecule has 2 N–H and O–H groups in total. The monoisotopic (exact) mass is 626 g/mol. The number of carbonyl (C=O) groups excluding carboxylic acids is 3. The number of hydrogen-bond acceptors (Lipinski definition) is 7. The van der Waals surface area contributed by atoms with Crippen molar-refractivity contribution in [1.29, 1.82) is 0 Å². The summed E-state index contributed by atoms with van der Waals surface area (Å²) in [5.41, 5.74) is 0.943. The summed E-state index contributed by atoms with van der Waals surface area (Å²) in [5, 5.41) is 6.20. The SMILES string of the molecule is O=C(N[C@@H]1CC[C@H]2CCOc3ccccc3C(=O)N3CCN(Cc4ccc(F)c(F)c4)C[C@H]3C(=O)NC[C@H]1O2)C1CCOCC1. The highest BCUT2D eigenvalue weighted by Crippen LogP contribution is 2.27. The van der Waals surface area contributed by atoms with Gasteiger partial charge in [-0.1, -0.05) is 18.2 Å². The topological polar surface area (TPSA) is 109 Å². The quantitative estimate of drug-likeness (QED) is 0.537. The molecule has 3 amide bonds. The van der Waals surface area contributed by atoms with E-state index in [0.29, 0.717) is 68.9 Å². The summed E-state index contributed by atoms with van der Waals surface area (Å²) < 4.78 is 45.4. The summed E-state index contributed by atoms with van der Waals surface area (Å²) in [4.78, 5) is 44.4. The first-order valence-corrected chi connectivity index (χ1v) is 15.9. The zero-order valence-electron chi connectivity index (χ0n) is 25.2. The van der Waals surface area contributed by atoms with Crippen LogP contribution in [0.5, 0.6) is 5.75 Å². The number of amides is 3. The molecule has 0 unspecified atom stereocenters. The highest BCUT2D eigenvalue weighted by Gasteiger charge is 2.39. The molecule has 4 aliphatic heterocycles. The molecule has 12 heteroatoms. The van der Waals surface area contributed by atoms with Crippen molar-refractivity contribution in [2.24, 2.45) is 5.92 Å². The molecule has 2 aromatic rings. The van der Waals surface area contributed by atoms with Gasteiger partial charge in [-0.25, -0.2) is 8.78 Å². The molecule has 2 bridgehead atoms. The van der Waals surface area contributed by atoms with Crippen LogP contribution in [0, 0.1) is 17.6 Å². The van der Waals surface area contributed by atoms with E-state index in [4.69, 9.17) is 14.2 Å². The van der Waals surface area contributed by atoms with Crippen molar-refractivity contribution >= 4 is 17.7 Å². The van der Waals surface area contributed by atoms with Crippen molar-refractivity contribution in [2.75, 3.05) is 46.0 Å². The maximum atomic E-state index is 13.9. The summed E-state index contributed by atoms with van der Waals surface area (Å²) >= 11 is 0. The lowest BCUT2D eigenvalue weighted by Crippen LogP contribution is -2.62. The molecule has 3 saturated heterocycles. The number of halogens is 2. The van der Waals surface area contributed by atoms with Crippen LogP contribution in [0.4, 0.5) is 8.78 Å². The molecule has 0 aromatic heterocycles. The van der Waals surface area contributed by atoms with Gasteiger partial charge in [0.1, 0.15) is 11.8 Å². The maximum Gasteiger partial charge on any atom is 0.258 e. The zero-order valence-corrected chi connectivity index (χ0v) is 25.2. The van der Waals surface area contributed by atoms with Crippen molar-refractivity contribution in [3.63, 3.8) is 0 Å². The van der Waals surface area contributed by atoms with Gasteiger partial charge in [0.05, 0.1) is 30.4 Å². The van der Waals surface area contributed by atoms with Crippen molar-refractivity contribution in [2.45, 2.75) is 62.9 Å². The molecule has 0 aliphatic carbocycles. The molecule has 2 aromatic carbocycles. The van der Waals surface area contributed by atoms with Gasteiger partial charge in [0.2, 0.25) is 11.8 Å². The minimum atomic E-state index is -0.932. The summed E-state index contributed by atoms with van der Waals surface area (Å²) in [6.07, 6.45) is 2.78. The van der Waals surface area contributed by atoms with E-state index in [2.05, 4.69) is 10.6 Å². The van der Waals surface area contributed by atoms with E-state index in [1.165, 1.54) is 6.07 Å². The van der Waals surface area contributed by atoms with Gasteiger partial charge in [0.25, 0.3) is 5.91 Å². The molecule has 6 rings (SSSR count). The highest BCUT2D eigenvalue weighted by molar-refractivity contribution is 6.00. The van der Waals surface area contributed by atoms with Gasteiger partial charge >= 0.3 is 0 Å². The van der Waals surface area contributed by atoms with E-state index in [9.17, 15) is 23.2 Å². The number of nitrogens with zero attached hydrogens (tertiary/aromatic N) is 2. The third-order valence-electron chi connectivity index (χ3n) is 9.25. The summed E-state index contributed by atoms with van der Waals surface area (Å²) in [6, 6.07) is 9.64. The van der Waals surface area contributed by atoms with Crippen LogP contribution in [0.25, 0.3) is 0 Å². The predicted molar refractivity (Wildman–Crippen MR) is 159 cm³/mol. The molecule has 242 valence electrons. The van der Waals surface area contributed by atoms with Gasteiger partial charge in [-0.3, -0.25) is 19.3 Å². The predicted octanol–water partition coefficient (Wildman–Crippen LogP) is 2.65. The number of fused-ring (bicyclic) bond motifs is 4. The highest BCUT2D eigenvalue weighted by atomic mass is 19.2. The second-order valence-electron chi connectivity index (χ2n) is 12.3. The van der Waals surface area contributed by atoms with Gasteiger partial charge in [0, 0.05) is 58.3 Å². The molecule has 45 heavy (non-hydrogen) atoms. The molecule has 4 heterocycles. The number of ether oxygens (including phenoxy) is 3. The zero-order chi connectivity index (χ0) is 31.3. The summed E-state index contributed by atoms with van der Waals surface area (Å²) in [6.45, 7) is 2.80. The van der Waals surface area contributed by atoms with E-state index in [1.54, 1.807) is 29.2 Å². The first-order chi connectivity index (χ1) is 21.9. The van der Waals surface area contributed by atoms with Gasteiger partial charge in [-0.2, -0.15) is 0 Å². The minimum Gasteiger partial charge on any atom is -0.493 e. The Kier molecular flexibility index (Phi) is 9.91. The second kappa shape index (κ2) is 14.2. The molecule has 4 aliphatic rings. The van der Waals surface area contributed by atoms with Gasteiger partial charge in [-0.05, 0) is 55.5 Å². The standard InChI is InChI=1S/C33H40F2N4O6/c34-25-7-5-21(17-26(25)35)19-38-12-13-39-28(20-38)32(41)36-18-30-27(37-31(40)22-9-14-43-15-10-22)8-6-23(45-30)11-16-44-29-4-2-1-3-24(29)33(39)42/h1-5,7,17,22-23,27-28,30H,6,8-16,18-20H2,(H,36,41)(H,37,40)/t23-,27+,28-,30+/m0/s1. The lowest BCUT2D eigenvalue weighted by atomic mass is 9.94. The lowest BCUT2D eigenvalue weighted by Gasteiger charge is -2.42. The number of benzene rings is 2.